The predicted octanol–water partition coefficient (Wildman–Crippen LogP) is 0.423. The minimum atomic E-state index is -4.10. The Morgan fingerprint density at radius 2 is 1.92 bits per heavy atom. The zero-order valence-corrected chi connectivity index (χ0v) is 13.7. The van der Waals surface area contributed by atoms with Crippen molar-refractivity contribution in [3.8, 4) is 0 Å². The van der Waals surface area contributed by atoms with Crippen LogP contribution < -0.4 is 0 Å². The number of piperazine rings is 1. The molecule has 1 aliphatic heterocycles. The molecule has 134 valence electrons. The van der Waals surface area contributed by atoms with Crippen molar-refractivity contribution < 1.29 is 26.4 Å². The van der Waals surface area contributed by atoms with Crippen LogP contribution >= 0.6 is 0 Å². The minimum Gasteiger partial charge on any atom is -0.427 e. The van der Waals surface area contributed by atoms with Gasteiger partial charge in [-0.2, -0.15) is 4.31 Å². The van der Waals surface area contributed by atoms with E-state index in [4.69, 9.17) is 4.42 Å². The summed E-state index contributed by atoms with van der Waals surface area (Å²) in [7, 11) is -4.10. The molecule has 1 aliphatic rings. The molecule has 1 amide bonds. The van der Waals surface area contributed by atoms with Gasteiger partial charge in [0.25, 0.3) is 0 Å². The highest BCUT2D eigenvalue weighted by Crippen LogP contribution is 2.21. The number of hydrogen-bond donors (Lipinski definition) is 0. The monoisotopic (exact) mass is 372 g/mol. The summed E-state index contributed by atoms with van der Waals surface area (Å²) < 4.78 is 57.7. The number of carbonyl (C=O) groups is 1. The second kappa shape index (κ2) is 6.84. The summed E-state index contributed by atoms with van der Waals surface area (Å²) in [6, 6.07) is 2.31. The minimum absolute atomic E-state index is 0.00865. The molecule has 2 aromatic rings. The predicted molar refractivity (Wildman–Crippen MR) is 79.7 cm³/mol. The van der Waals surface area contributed by atoms with E-state index in [9.17, 15) is 22.0 Å². The van der Waals surface area contributed by atoms with E-state index in [0.717, 1.165) is 22.8 Å². The molecule has 3 rings (SSSR count). The Morgan fingerprint density at radius 3 is 2.52 bits per heavy atom. The maximum Gasteiger partial charge on any atom is 0.246 e. The third-order valence-corrected chi connectivity index (χ3v) is 5.74. The van der Waals surface area contributed by atoms with Crippen LogP contribution in [0.1, 0.15) is 5.89 Å². The number of rotatable bonds is 4. The zero-order chi connectivity index (χ0) is 18.0. The molecule has 2 heterocycles. The van der Waals surface area contributed by atoms with Crippen LogP contribution in [-0.2, 0) is 21.2 Å². The number of carbonyl (C=O) groups excluding carboxylic acids is 1. The number of halogens is 2. The third kappa shape index (κ3) is 3.66. The number of hydrogen-bond acceptors (Lipinski definition) is 6. The molecule has 0 spiro atoms. The Bertz CT molecular complexity index is 865. The summed E-state index contributed by atoms with van der Waals surface area (Å²) in [5.74, 6) is -2.09. The van der Waals surface area contributed by atoms with Gasteiger partial charge in [0, 0.05) is 32.2 Å². The molecule has 25 heavy (non-hydrogen) atoms. The van der Waals surface area contributed by atoms with Crippen LogP contribution in [0.25, 0.3) is 0 Å². The van der Waals surface area contributed by atoms with Crippen molar-refractivity contribution in [2.45, 2.75) is 11.3 Å². The molecule has 0 unspecified atom stereocenters. The summed E-state index contributed by atoms with van der Waals surface area (Å²) in [6.07, 6.45) is 1.05. The van der Waals surface area contributed by atoms with Gasteiger partial charge in [-0.1, -0.05) is 0 Å². The molecule has 11 heteroatoms. The van der Waals surface area contributed by atoms with E-state index in [1.165, 1.54) is 4.90 Å². The van der Waals surface area contributed by atoms with Gasteiger partial charge in [-0.3, -0.25) is 4.79 Å². The van der Waals surface area contributed by atoms with Gasteiger partial charge >= 0.3 is 0 Å². The van der Waals surface area contributed by atoms with E-state index >= 15 is 0 Å². The van der Waals surface area contributed by atoms with Gasteiger partial charge < -0.3 is 9.32 Å². The SMILES string of the molecule is O=C(Cc1nnco1)N1CCN(S(=O)(=O)c2ccc(F)cc2F)CC1. The lowest BCUT2D eigenvalue weighted by atomic mass is 10.3. The van der Waals surface area contributed by atoms with Crippen LogP contribution in [0.5, 0.6) is 0 Å². The van der Waals surface area contributed by atoms with Crippen molar-refractivity contribution in [1.82, 2.24) is 19.4 Å². The first-order valence-corrected chi connectivity index (χ1v) is 8.80. The molecular weight excluding hydrogens is 358 g/mol. The van der Waals surface area contributed by atoms with E-state index in [0.29, 0.717) is 6.07 Å². The smallest absolute Gasteiger partial charge is 0.246 e. The van der Waals surface area contributed by atoms with E-state index in [2.05, 4.69) is 10.2 Å². The number of amides is 1. The largest absolute Gasteiger partial charge is 0.427 e. The van der Waals surface area contributed by atoms with Crippen LogP contribution in [0.15, 0.2) is 33.9 Å². The standard InChI is InChI=1S/C14H14F2N4O4S/c15-10-1-2-12(11(16)7-10)25(22,23)20-5-3-19(4-6-20)14(21)8-13-18-17-9-24-13/h1-2,7,9H,3-6,8H2. The summed E-state index contributed by atoms with van der Waals surface area (Å²) in [4.78, 5) is 13.0. The van der Waals surface area contributed by atoms with Gasteiger partial charge in [-0.05, 0) is 12.1 Å². The highest BCUT2D eigenvalue weighted by molar-refractivity contribution is 7.89. The van der Waals surface area contributed by atoms with Crippen LogP contribution in [0.2, 0.25) is 0 Å². The highest BCUT2D eigenvalue weighted by Gasteiger charge is 2.32. The first kappa shape index (κ1) is 17.4. The van der Waals surface area contributed by atoms with Gasteiger partial charge in [0.05, 0.1) is 0 Å². The first-order valence-electron chi connectivity index (χ1n) is 7.36. The fourth-order valence-electron chi connectivity index (χ4n) is 2.52. The van der Waals surface area contributed by atoms with E-state index < -0.39 is 26.6 Å². The fraction of sp³-hybridized carbons (Fsp3) is 0.357. The quantitative estimate of drug-likeness (QED) is 0.772. The lowest BCUT2D eigenvalue weighted by Gasteiger charge is -2.33. The Morgan fingerprint density at radius 1 is 1.20 bits per heavy atom. The van der Waals surface area contributed by atoms with Crippen LogP contribution in [0.3, 0.4) is 0 Å². The summed E-state index contributed by atoms with van der Waals surface area (Å²) in [5, 5.41) is 7.09. The average molecular weight is 372 g/mol. The van der Waals surface area contributed by atoms with Crippen molar-refractivity contribution in [2.24, 2.45) is 0 Å². The van der Waals surface area contributed by atoms with E-state index in [1.54, 1.807) is 0 Å². The second-order valence-electron chi connectivity index (χ2n) is 5.37. The third-order valence-electron chi connectivity index (χ3n) is 3.81. The molecule has 0 saturated carbocycles. The molecule has 8 nitrogen and oxygen atoms in total. The maximum atomic E-state index is 13.8. The van der Waals surface area contributed by atoms with Crippen LogP contribution in [-0.4, -0.2) is 59.9 Å². The van der Waals surface area contributed by atoms with Crippen LogP contribution in [0.4, 0.5) is 8.78 Å². The average Bonchev–Trinajstić information content (AvgIpc) is 3.07. The van der Waals surface area contributed by atoms with Crippen molar-refractivity contribution in [2.75, 3.05) is 26.2 Å². The topological polar surface area (TPSA) is 96.6 Å². The molecule has 0 radical (unpaired) electrons. The molecule has 1 aromatic heterocycles. The molecule has 0 atom stereocenters. The van der Waals surface area contributed by atoms with Gasteiger partial charge in [0.2, 0.25) is 28.2 Å². The maximum absolute atomic E-state index is 13.8. The molecule has 0 aliphatic carbocycles. The number of nitrogens with zero attached hydrogens (tertiary/aromatic N) is 4. The number of benzene rings is 1. The molecule has 0 N–H and O–H groups in total. The second-order valence-corrected chi connectivity index (χ2v) is 7.28. The van der Waals surface area contributed by atoms with Gasteiger partial charge in [-0.25, -0.2) is 17.2 Å². The molecule has 1 aromatic carbocycles. The Balaban J connectivity index is 1.66. The zero-order valence-electron chi connectivity index (χ0n) is 12.9. The normalized spacial score (nSPS) is 16.2. The molecule has 0 bridgehead atoms. The molecular formula is C14H14F2N4O4S. The Hall–Kier alpha value is -2.40. The van der Waals surface area contributed by atoms with Crippen LogP contribution in [0, 0.1) is 11.6 Å². The Kier molecular flexibility index (Phi) is 4.77. The lowest BCUT2D eigenvalue weighted by molar-refractivity contribution is -0.132. The molecule has 1 fully saturated rings. The van der Waals surface area contributed by atoms with Gasteiger partial charge in [-0.15, -0.1) is 10.2 Å². The van der Waals surface area contributed by atoms with Crippen molar-refractivity contribution >= 4 is 15.9 Å². The Labute approximate surface area is 142 Å². The first-order chi connectivity index (χ1) is 11.9. The van der Waals surface area contributed by atoms with Crippen molar-refractivity contribution in [3.05, 3.63) is 42.1 Å². The van der Waals surface area contributed by atoms with E-state index in [-0.39, 0.29) is 44.4 Å². The van der Waals surface area contributed by atoms with E-state index in [1.807, 2.05) is 0 Å². The van der Waals surface area contributed by atoms with Crippen molar-refractivity contribution in [3.63, 3.8) is 0 Å². The van der Waals surface area contributed by atoms with Gasteiger partial charge in [0.15, 0.2) is 0 Å². The number of aromatic nitrogens is 2. The van der Waals surface area contributed by atoms with Crippen molar-refractivity contribution in [1.29, 1.82) is 0 Å². The lowest BCUT2D eigenvalue weighted by Crippen LogP contribution is -2.51. The summed E-state index contributed by atoms with van der Waals surface area (Å²) in [6.45, 7) is 0.313. The van der Waals surface area contributed by atoms with Gasteiger partial charge in [0.1, 0.15) is 23.0 Å². The number of sulfonamides is 1. The summed E-state index contributed by atoms with van der Waals surface area (Å²) in [5.41, 5.74) is 0. The molecule has 1 saturated heterocycles. The highest BCUT2D eigenvalue weighted by atomic mass is 32.2. The summed E-state index contributed by atoms with van der Waals surface area (Å²) >= 11 is 0. The fourth-order valence-corrected chi connectivity index (χ4v) is 3.98.